The van der Waals surface area contributed by atoms with Crippen LogP contribution in [0.25, 0.3) is 0 Å². The van der Waals surface area contributed by atoms with Gasteiger partial charge in [0.15, 0.2) is 12.7 Å². The van der Waals surface area contributed by atoms with Gasteiger partial charge in [-0.05, 0) is 20.8 Å². The molecular formula is C17H23NO8S. The molecule has 9 nitrogen and oxygen atoms in total. The maximum absolute atomic E-state index is 12.6. The summed E-state index contributed by atoms with van der Waals surface area (Å²) >= 11 is 1.39. The standard InChI is InChI=1S/C17H23NO8S/c1-9(19)24-6-10-8-27-15-13(23-5)14(21)18(15)12(10)16(22)25-7-11(20)26-17(2,3)4/h13,15H,6-8H2,1-5H3. The summed E-state index contributed by atoms with van der Waals surface area (Å²) < 4.78 is 20.2. The Labute approximate surface area is 161 Å². The van der Waals surface area contributed by atoms with Gasteiger partial charge >= 0.3 is 17.9 Å². The van der Waals surface area contributed by atoms with Crippen molar-refractivity contribution in [2.24, 2.45) is 0 Å². The molecule has 1 fully saturated rings. The second-order valence-electron chi connectivity index (χ2n) is 6.96. The van der Waals surface area contributed by atoms with E-state index in [1.165, 1.54) is 30.7 Å². The zero-order valence-electron chi connectivity index (χ0n) is 15.9. The van der Waals surface area contributed by atoms with Gasteiger partial charge in [-0.15, -0.1) is 11.8 Å². The van der Waals surface area contributed by atoms with Crippen molar-refractivity contribution in [2.75, 3.05) is 26.1 Å². The highest BCUT2D eigenvalue weighted by Gasteiger charge is 2.54. The Balaban J connectivity index is 2.15. The molecule has 2 aliphatic heterocycles. The number of amides is 1. The maximum Gasteiger partial charge on any atom is 0.355 e. The average Bonchev–Trinajstić information content (AvgIpc) is 2.55. The Morgan fingerprint density at radius 2 is 1.89 bits per heavy atom. The Hall–Kier alpha value is -2.07. The minimum atomic E-state index is -0.851. The molecule has 2 heterocycles. The smallest absolute Gasteiger partial charge is 0.355 e. The van der Waals surface area contributed by atoms with Crippen LogP contribution in [0.2, 0.25) is 0 Å². The number of nitrogens with zero attached hydrogens (tertiary/aromatic N) is 1. The quantitative estimate of drug-likeness (QED) is 0.359. The summed E-state index contributed by atoms with van der Waals surface area (Å²) in [7, 11) is 1.42. The van der Waals surface area contributed by atoms with Crippen LogP contribution >= 0.6 is 11.8 Å². The van der Waals surface area contributed by atoms with Crippen molar-refractivity contribution >= 4 is 35.6 Å². The lowest BCUT2D eigenvalue weighted by atomic mass is 10.1. The molecule has 0 bridgehead atoms. The molecule has 0 aromatic carbocycles. The van der Waals surface area contributed by atoms with Crippen LogP contribution in [0.4, 0.5) is 0 Å². The summed E-state index contributed by atoms with van der Waals surface area (Å²) in [5.41, 5.74) is -0.292. The van der Waals surface area contributed by atoms with Crippen molar-refractivity contribution in [3.63, 3.8) is 0 Å². The van der Waals surface area contributed by atoms with E-state index in [0.717, 1.165) is 0 Å². The second-order valence-corrected chi connectivity index (χ2v) is 8.07. The van der Waals surface area contributed by atoms with Gasteiger partial charge in [-0.3, -0.25) is 14.5 Å². The van der Waals surface area contributed by atoms with Crippen molar-refractivity contribution in [3.8, 4) is 0 Å². The lowest BCUT2D eigenvalue weighted by Gasteiger charge is -2.48. The second kappa shape index (κ2) is 8.30. The van der Waals surface area contributed by atoms with Crippen molar-refractivity contribution in [2.45, 2.75) is 44.8 Å². The molecule has 0 aromatic rings. The fraction of sp³-hybridized carbons (Fsp3) is 0.647. The lowest BCUT2D eigenvalue weighted by molar-refractivity contribution is -0.169. The van der Waals surface area contributed by atoms with E-state index in [1.54, 1.807) is 20.8 Å². The third-order valence-electron chi connectivity index (χ3n) is 3.64. The van der Waals surface area contributed by atoms with Crippen LogP contribution in [0.1, 0.15) is 27.7 Å². The first-order valence-corrected chi connectivity index (χ1v) is 9.32. The van der Waals surface area contributed by atoms with Crippen LogP contribution in [0.15, 0.2) is 11.3 Å². The van der Waals surface area contributed by atoms with E-state index in [2.05, 4.69) is 0 Å². The van der Waals surface area contributed by atoms with Gasteiger partial charge in [0.2, 0.25) is 0 Å². The molecule has 10 heteroatoms. The first-order chi connectivity index (χ1) is 12.5. The first kappa shape index (κ1) is 21.2. The van der Waals surface area contributed by atoms with E-state index in [0.29, 0.717) is 11.3 Å². The molecule has 2 aliphatic rings. The van der Waals surface area contributed by atoms with Crippen LogP contribution in [0.3, 0.4) is 0 Å². The molecule has 1 amide bonds. The van der Waals surface area contributed by atoms with Gasteiger partial charge in [0, 0.05) is 25.4 Å². The molecule has 1 saturated heterocycles. The van der Waals surface area contributed by atoms with Gasteiger partial charge in [0.1, 0.15) is 23.3 Å². The Kier molecular flexibility index (Phi) is 6.53. The molecule has 0 radical (unpaired) electrons. The zero-order valence-corrected chi connectivity index (χ0v) is 16.7. The van der Waals surface area contributed by atoms with Gasteiger partial charge in [-0.1, -0.05) is 0 Å². The number of carbonyl (C=O) groups is 4. The molecule has 0 saturated carbocycles. The Bertz CT molecular complexity index is 681. The zero-order chi connectivity index (χ0) is 20.4. The normalized spacial score (nSPS) is 22.0. The average molecular weight is 401 g/mol. The van der Waals surface area contributed by atoms with Gasteiger partial charge in [0.05, 0.1) is 0 Å². The number of hydrogen-bond acceptors (Lipinski definition) is 9. The molecule has 0 N–H and O–H groups in total. The minimum absolute atomic E-state index is 0.0122. The number of rotatable bonds is 6. The molecule has 0 aromatic heterocycles. The number of ether oxygens (including phenoxy) is 4. The van der Waals surface area contributed by atoms with Gasteiger partial charge in [-0.25, -0.2) is 9.59 Å². The summed E-state index contributed by atoms with van der Waals surface area (Å²) in [5, 5.41) is -0.368. The topological polar surface area (TPSA) is 108 Å². The molecule has 2 rings (SSSR count). The fourth-order valence-electron chi connectivity index (χ4n) is 2.58. The summed E-state index contributed by atoms with van der Waals surface area (Å²) in [6.45, 7) is 5.59. The molecule has 2 atom stereocenters. The molecule has 150 valence electrons. The van der Waals surface area contributed by atoms with E-state index in [1.807, 2.05) is 0 Å². The lowest BCUT2D eigenvalue weighted by Crippen LogP contribution is -2.65. The fourth-order valence-corrected chi connectivity index (χ4v) is 3.94. The molecular weight excluding hydrogens is 378 g/mol. The molecule has 0 spiro atoms. The SMILES string of the molecule is COC1C(=O)N2C(C(=O)OCC(=O)OC(C)(C)C)=C(COC(C)=O)CSC12. The van der Waals surface area contributed by atoms with Crippen LogP contribution < -0.4 is 0 Å². The number of hydrogen-bond donors (Lipinski definition) is 0. The van der Waals surface area contributed by atoms with Gasteiger partial charge in [0.25, 0.3) is 5.91 Å². The van der Waals surface area contributed by atoms with Crippen LogP contribution in [-0.2, 0) is 38.1 Å². The summed E-state index contributed by atoms with van der Waals surface area (Å²) in [6, 6.07) is 0. The predicted molar refractivity (Wildman–Crippen MR) is 94.4 cm³/mol. The summed E-state index contributed by atoms with van der Waals surface area (Å²) in [4.78, 5) is 49.0. The summed E-state index contributed by atoms with van der Waals surface area (Å²) in [5.74, 6) is -2.10. The van der Waals surface area contributed by atoms with E-state index in [-0.39, 0.29) is 23.6 Å². The van der Waals surface area contributed by atoms with E-state index >= 15 is 0 Å². The van der Waals surface area contributed by atoms with Crippen molar-refractivity contribution in [3.05, 3.63) is 11.3 Å². The third kappa shape index (κ3) is 5.01. The van der Waals surface area contributed by atoms with Crippen LogP contribution in [0.5, 0.6) is 0 Å². The van der Waals surface area contributed by atoms with Crippen molar-refractivity contribution in [1.29, 1.82) is 0 Å². The largest absolute Gasteiger partial charge is 0.461 e. The highest BCUT2D eigenvalue weighted by molar-refractivity contribution is 8.00. The van der Waals surface area contributed by atoms with Crippen molar-refractivity contribution < 1.29 is 38.1 Å². The highest BCUT2D eigenvalue weighted by Crippen LogP contribution is 2.41. The van der Waals surface area contributed by atoms with Crippen LogP contribution in [0, 0.1) is 0 Å². The van der Waals surface area contributed by atoms with Crippen molar-refractivity contribution in [1.82, 2.24) is 4.90 Å². The predicted octanol–water partition coefficient (Wildman–Crippen LogP) is 0.619. The number of fused-ring (bicyclic) bond motifs is 1. The van der Waals surface area contributed by atoms with Gasteiger partial charge < -0.3 is 18.9 Å². The first-order valence-electron chi connectivity index (χ1n) is 8.27. The summed E-state index contributed by atoms with van der Waals surface area (Å²) in [6.07, 6.45) is -0.654. The highest BCUT2D eigenvalue weighted by atomic mass is 32.2. The minimum Gasteiger partial charge on any atom is -0.461 e. The maximum atomic E-state index is 12.6. The number of β-lactam (4-membered cyclic amide) rings is 1. The van der Waals surface area contributed by atoms with Gasteiger partial charge in [-0.2, -0.15) is 0 Å². The van der Waals surface area contributed by atoms with E-state index in [4.69, 9.17) is 18.9 Å². The number of thioether (sulfide) groups is 1. The number of methoxy groups -OCH3 is 1. The van der Waals surface area contributed by atoms with E-state index < -0.39 is 36.2 Å². The number of carbonyl (C=O) groups excluding carboxylic acids is 4. The Morgan fingerprint density at radius 3 is 2.44 bits per heavy atom. The monoisotopic (exact) mass is 401 g/mol. The van der Waals surface area contributed by atoms with Crippen LogP contribution in [-0.4, -0.2) is 71.9 Å². The third-order valence-corrected chi connectivity index (χ3v) is 4.95. The number of esters is 3. The Morgan fingerprint density at radius 1 is 1.22 bits per heavy atom. The molecule has 27 heavy (non-hydrogen) atoms. The van der Waals surface area contributed by atoms with E-state index in [9.17, 15) is 19.2 Å². The molecule has 0 aliphatic carbocycles. The molecule has 2 unspecified atom stereocenters.